The average molecular weight is 406 g/mol. The van der Waals surface area contributed by atoms with E-state index >= 15 is 0 Å². The maximum Gasteiger partial charge on any atom is 0.123 e. The van der Waals surface area contributed by atoms with Crippen molar-refractivity contribution in [2.45, 2.75) is 44.6 Å². The van der Waals surface area contributed by atoms with Crippen LogP contribution in [0.2, 0.25) is 0 Å². The van der Waals surface area contributed by atoms with Gasteiger partial charge in [-0.3, -0.25) is 0 Å². The second-order valence-electron chi connectivity index (χ2n) is 8.87. The zero-order valence-electron chi connectivity index (χ0n) is 17.9. The predicted molar refractivity (Wildman–Crippen MR) is 124 cm³/mol. The molecule has 30 heavy (non-hydrogen) atoms. The lowest BCUT2D eigenvalue weighted by Gasteiger charge is -2.40. The first-order valence-corrected chi connectivity index (χ1v) is 11.6. The number of allylic oxidation sites excluding steroid dienone is 2. The number of para-hydroxylation sites is 1. The van der Waals surface area contributed by atoms with E-state index < -0.39 is 0 Å². The Morgan fingerprint density at radius 1 is 1.17 bits per heavy atom. The number of anilines is 2. The molecule has 2 aromatic carbocycles. The van der Waals surface area contributed by atoms with Crippen LogP contribution in [0.4, 0.5) is 15.8 Å². The molecule has 0 bridgehead atoms. The predicted octanol–water partition coefficient (Wildman–Crippen LogP) is 5.50. The third-order valence-electron chi connectivity index (χ3n) is 7.07. The third kappa shape index (κ3) is 3.62. The molecular weight excluding hydrogens is 373 g/mol. The average Bonchev–Trinajstić information content (AvgIpc) is 3.09. The normalized spacial score (nSPS) is 23.1. The van der Waals surface area contributed by atoms with Crippen molar-refractivity contribution in [1.29, 1.82) is 0 Å². The molecule has 0 saturated carbocycles. The summed E-state index contributed by atoms with van der Waals surface area (Å²) in [7, 11) is 0. The van der Waals surface area contributed by atoms with Gasteiger partial charge in [-0.05, 0) is 67.1 Å². The van der Waals surface area contributed by atoms with Crippen molar-refractivity contribution in [1.82, 2.24) is 4.90 Å². The lowest BCUT2D eigenvalue weighted by atomic mass is 9.89. The molecule has 2 atom stereocenters. The van der Waals surface area contributed by atoms with Crippen molar-refractivity contribution in [2.75, 3.05) is 42.9 Å². The number of hydrogen-bond acceptors (Lipinski definition) is 3. The summed E-state index contributed by atoms with van der Waals surface area (Å²) < 4.78 is 13.3. The summed E-state index contributed by atoms with van der Waals surface area (Å²) >= 11 is 0. The van der Waals surface area contributed by atoms with Crippen LogP contribution in [0.15, 0.2) is 48.5 Å². The molecule has 0 spiro atoms. The highest BCUT2D eigenvalue weighted by Crippen LogP contribution is 2.49. The van der Waals surface area contributed by atoms with Crippen LogP contribution >= 0.6 is 0 Å². The van der Waals surface area contributed by atoms with Crippen LogP contribution in [-0.4, -0.2) is 43.7 Å². The Labute approximate surface area is 179 Å². The summed E-state index contributed by atoms with van der Waals surface area (Å²) in [6, 6.07) is 14.5. The Balaban J connectivity index is 1.22. The number of rotatable bonds is 6. The second kappa shape index (κ2) is 8.43. The van der Waals surface area contributed by atoms with E-state index in [-0.39, 0.29) is 5.82 Å². The number of benzene rings is 2. The molecule has 4 heteroatoms. The monoisotopic (exact) mass is 405 g/mol. The Hall–Kier alpha value is -2.33. The molecule has 3 nitrogen and oxygen atoms in total. The van der Waals surface area contributed by atoms with Gasteiger partial charge in [-0.25, -0.2) is 4.39 Å². The number of hydrogen-bond donors (Lipinski definition) is 1. The van der Waals surface area contributed by atoms with Gasteiger partial charge in [0, 0.05) is 38.1 Å². The van der Waals surface area contributed by atoms with E-state index in [2.05, 4.69) is 46.3 Å². The minimum atomic E-state index is -0.161. The van der Waals surface area contributed by atoms with Gasteiger partial charge in [0.1, 0.15) is 5.82 Å². The summed E-state index contributed by atoms with van der Waals surface area (Å²) in [5, 5.41) is 3.59. The minimum Gasteiger partial charge on any atom is -0.382 e. The Kier molecular flexibility index (Phi) is 5.51. The molecule has 3 heterocycles. The quantitative estimate of drug-likeness (QED) is 0.684. The largest absolute Gasteiger partial charge is 0.382 e. The van der Waals surface area contributed by atoms with Crippen molar-refractivity contribution >= 4 is 16.9 Å². The Morgan fingerprint density at radius 2 is 2.03 bits per heavy atom. The zero-order valence-corrected chi connectivity index (χ0v) is 17.9. The molecular formula is C26H32FN3. The van der Waals surface area contributed by atoms with E-state index in [0.717, 1.165) is 44.5 Å². The fourth-order valence-electron chi connectivity index (χ4n) is 5.73. The first-order chi connectivity index (χ1) is 14.7. The molecule has 158 valence electrons. The van der Waals surface area contributed by atoms with Crippen LogP contribution in [0.3, 0.4) is 0 Å². The summed E-state index contributed by atoms with van der Waals surface area (Å²) in [6.07, 6.45) is 6.78. The molecule has 0 radical (unpaired) electrons. The number of fused-ring (bicyclic) bond motifs is 3. The van der Waals surface area contributed by atoms with E-state index in [1.54, 1.807) is 17.7 Å². The van der Waals surface area contributed by atoms with Crippen LogP contribution < -0.4 is 10.2 Å². The molecule has 0 amide bonds. The lowest BCUT2D eigenvalue weighted by Crippen LogP contribution is -2.48. The first kappa shape index (κ1) is 19.6. The first-order valence-electron chi connectivity index (χ1n) is 11.6. The topological polar surface area (TPSA) is 18.5 Å². The molecule has 0 aromatic heterocycles. The van der Waals surface area contributed by atoms with Crippen molar-refractivity contribution in [3.63, 3.8) is 0 Å². The lowest BCUT2D eigenvalue weighted by molar-refractivity contribution is 0.192. The van der Waals surface area contributed by atoms with E-state index in [1.165, 1.54) is 36.5 Å². The molecule has 1 N–H and O–H groups in total. The van der Waals surface area contributed by atoms with E-state index in [0.29, 0.717) is 12.0 Å². The van der Waals surface area contributed by atoms with Crippen LogP contribution in [0.5, 0.6) is 0 Å². The Bertz CT molecular complexity index is 920. The fraction of sp³-hybridized carbons (Fsp3) is 0.462. The van der Waals surface area contributed by atoms with Crippen molar-refractivity contribution in [3.05, 3.63) is 65.5 Å². The third-order valence-corrected chi connectivity index (χ3v) is 7.07. The van der Waals surface area contributed by atoms with E-state index in [1.807, 2.05) is 12.1 Å². The highest BCUT2D eigenvalue weighted by atomic mass is 19.1. The Morgan fingerprint density at radius 3 is 2.87 bits per heavy atom. The highest BCUT2D eigenvalue weighted by molar-refractivity contribution is 5.80. The van der Waals surface area contributed by atoms with Crippen LogP contribution in [0, 0.1) is 5.82 Å². The van der Waals surface area contributed by atoms with Crippen LogP contribution in [-0.2, 0) is 0 Å². The number of piperidine rings is 1. The van der Waals surface area contributed by atoms with Gasteiger partial charge in [0.15, 0.2) is 0 Å². The molecule has 0 aliphatic carbocycles. The molecule has 5 rings (SSSR count). The van der Waals surface area contributed by atoms with Gasteiger partial charge in [-0.2, -0.15) is 0 Å². The number of nitrogens with zero attached hydrogens (tertiary/aromatic N) is 2. The number of nitrogens with one attached hydrogen (secondary N) is 1. The van der Waals surface area contributed by atoms with E-state index in [9.17, 15) is 4.39 Å². The summed E-state index contributed by atoms with van der Waals surface area (Å²) in [5.41, 5.74) is 6.87. The number of halogens is 1. The summed E-state index contributed by atoms with van der Waals surface area (Å²) in [5.74, 6) is 0.474. The molecule has 3 aliphatic rings. The van der Waals surface area contributed by atoms with Gasteiger partial charge in [-0.15, -0.1) is 0 Å². The van der Waals surface area contributed by atoms with Gasteiger partial charge in [0.05, 0.1) is 11.4 Å². The van der Waals surface area contributed by atoms with Gasteiger partial charge in [0.2, 0.25) is 0 Å². The number of likely N-dealkylation sites (tertiary alicyclic amines) is 1. The van der Waals surface area contributed by atoms with E-state index in [4.69, 9.17) is 0 Å². The van der Waals surface area contributed by atoms with Gasteiger partial charge in [0.25, 0.3) is 0 Å². The minimum absolute atomic E-state index is 0.161. The van der Waals surface area contributed by atoms with Crippen molar-refractivity contribution in [2.24, 2.45) is 0 Å². The SMILES string of the molecule is CC/C=C(\CCCN1CCC2C(C1)c1cccc3c1N2CCN3)c1ccc(F)cc1. The maximum absolute atomic E-state index is 13.3. The summed E-state index contributed by atoms with van der Waals surface area (Å²) in [4.78, 5) is 5.35. The zero-order chi connectivity index (χ0) is 20.5. The standard InChI is InChI=1S/C26H32FN3/c1-2-5-19(20-9-11-21(27)12-10-20)6-4-15-29-16-13-25-23(18-29)22-7-3-8-24-26(22)30(25)17-14-28-24/h3,5,7-12,23,25,28H,2,4,6,13-18H2,1H3/b19-5+. The van der Waals surface area contributed by atoms with Gasteiger partial charge >= 0.3 is 0 Å². The summed E-state index contributed by atoms with van der Waals surface area (Å²) in [6.45, 7) is 7.86. The smallest absolute Gasteiger partial charge is 0.123 e. The van der Waals surface area contributed by atoms with Crippen molar-refractivity contribution in [3.8, 4) is 0 Å². The molecule has 1 fully saturated rings. The molecule has 3 aliphatic heterocycles. The van der Waals surface area contributed by atoms with Crippen molar-refractivity contribution < 1.29 is 4.39 Å². The van der Waals surface area contributed by atoms with Crippen LogP contribution in [0.25, 0.3) is 5.57 Å². The second-order valence-corrected chi connectivity index (χ2v) is 8.87. The molecule has 2 aromatic rings. The van der Waals surface area contributed by atoms with Crippen LogP contribution in [0.1, 0.15) is 49.7 Å². The van der Waals surface area contributed by atoms with Gasteiger partial charge in [-0.1, -0.05) is 37.3 Å². The van der Waals surface area contributed by atoms with Gasteiger partial charge < -0.3 is 15.1 Å². The highest BCUT2D eigenvalue weighted by Gasteiger charge is 2.43. The maximum atomic E-state index is 13.3. The molecule has 1 saturated heterocycles. The molecule has 2 unspecified atom stereocenters. The fourth-order valence-corrected chi connectivity index (χ4v) is 5.73.